The molecule has 0 aliphatic carbocycles. The van der Waals surface area contributed by atoms with Gasteiger partial charge in [-0.1, -0.05) is 218 Å². The SMILES string of the molecule is Clc1cc2c3cc4ccccc4cc3n3c4cc5ccccc5cc4c(c1)c23.OB(O)c1ccc(-c2ccccc2)cc1.c1ccc(-c2ccc(-c3cc4c5cc6ccccc6cc5n5c6cc7ccccc7cc6c(c3)c45)cc2)cc1. The van der Waals surface area contributed by atoms with E-state index in [0.29, 0.717) is 5.46 Å². The standard InChI is InChI=1S/C38H23N.C26H14ClN.C12H11BO2/c1-2-8-24(9-3-1)25-14-16-26(17-15-25)31-20-34-32-18-27-10-4-6-12-29(27)22-36(32)39-37-23-30-13-7-5-11-28(30)19-33(37)35(21-31)38(34)39;27-19-13-22-20-9-15-5-1-3-7-17(15)11-24(20)28-25-12-18-8-4-2-6-16(18)10-21(25)23(14-19)26(22)28;14-13(15)12-8-6-11(7-9-12)10-4-2-1-3-5-10/h1-23H;1-14H;1-9,14-15H. The molecule has 14 aromatic carbocycles. The molecule has 0 saturated heterocycles. The maximum atomic E-state index is 8.94. The lowest BCUT2D eigenvalue weighted by molar-refractivity contribution is 0.426. The molecule has 0 spiro atoms. The molecule has 2 N–H and O–H groups in total. The molecule has 4 nitrogen and oxygen atoms in total. The van der Waals surface area contributed by atoms with Crippen LogP contribution < -0.4 is 5.46 Å². The first-order valence-electron chi connectivity index (χ1n) is 27.8. The predicted molar refractivity (Wildman–Crippen MR) is 350 cm³/mol. The Morgan fingerprint density at radius 1 is 0.244 bits per heavy atom. The number of hydrogen-bond acceptors (Lipinski definition) is 2. The van der Waals surface area contributed by atoms with E-state index in [0.717, 1.165) is 16.1 Å². The lowest BCUT2D eigenvalue weighted by atomic mass is 9.80. The van der Waals surface area contributed by atoms with Crippen LogP contribution in [-0.4, -0.2) is 26.0 Å². The van der Waals surface area contributed by atoms with Crippen LogP contribution >= 0.6 is 11.6 Å². The molecular weight excluding hydrogens is 1020 g/mol. The molecule has 0 atom stereocenters. The summed E-state index contributed by atoms with van der Waals surface area (Å²) in [4.78, 5) is 0. The highest BCUT2D eigenvalue weighted by molar-refractivity contribution is 6.58. The van der Waals surface area contributed by atoms with Crippen LogP contribution in [0, 0.1) is 0 Å². The number of hydrogen-bond donors (Lipinski definition) is 2. The fourth-order valence-corrected chi connectivity index (χ4v) is 13.1. The van der Waals surface area contributed by atoms with Gasteiger partial charge in [-0.25, -0.2) is 0 Å². The van der Waals surface area contributed by atoms with Gasteiger partial charge in [0, 0.05) is 48.1 Å². The molecule has 0 radical (unpaired) electrons. The van der Waals surface area contributed by atoms with Crippen molar-refractivity contribution in [3.8, 4) is 33.4 Å². The molecule has 0 unspecified atom stereocenters. The van der Waals surface area contributed by atoms with Crippen molar-refractivity contribution in [2.75, 3.05) is 0 Å². The van der Waals surface area contributed by atoms with Gasteiger partial charge in [0.05, 0.1) is 33.1 Å². The fraction of sp³-hybridized carbons (Fsp3) is 0. The van der Waals surface area contributed by atoms with Gasteiger partial charge in [0.2, 0.25) is 0 Å². The van der Waals surface area contributed by atoms with Gasteiger partial charge >= 0.3 is 7.12 Å². The predicted octanol–water partition coefficient (Wildman–Crippen LogP) is 19.3. The summed E-state index contributed by atoms with van der Waals surface area (Å²) in [6.45, 7) is 0. The molecule has 82 heavy (non-hydrogen) atoms. The zero-order chi connectivity index (χ0) is 54.6. The number of aromatic nitrogens is 2. The van der Waals surface area contributed by atoms with Crippen LogP contribution in [0.1, 0.15) is 0 Å². The summed E-state index contributed by atoms with van der Waals surface area (Å²) in [6.07, 6.45) is 0. The van der Waals surface area contributed by atoms with E-state index in [2.05, 4.69) is 233 Å². The van der Waals surface area contributed by atoms with E-state index in [1.807, 2.05) is 42.5 Å². The van der Waals surface area contributed by atoms with Crippen molar-refractivity contribution in [1.82, 2.24) is 8.80 Å². The van der Waals surface area contributed by atoms with Crippen LogP contribution in [0.4, 0.5) is 0 Å². The molecular formula is C76H48BClN2O2. The fourth-order valence-electron chi connectivity index (χ4n) is 12.9. The first-order chi connectivity index (χ1) is 40.4. The van der Waals surface area contributed by atoms with E-state index in [9.17, 15) is 0 Å². The van der Waals surface area contributed by atoms with E-state index in [4.69, 9.17) is 21.6 Å². The average molecular weight is 1070 g/mol. The topological polar surface area (TPSA) is 49.3 Å². The summed E-state index contributed by atoms with van der Waals surface area (Å²) in [5.74, 6) is 0. The summed E-state index contributed by atoms with van der Waals surface area (Å²) < 4.78 is 4.92. The highest BCUT2D eigenvalue weighted by Crippen LogP contribution is 2.45. The quantitative estimate of drug-likeness (QED) is 0.173. The summed E-state index contributed by atoms with van der Waals surface area (Å²) >= 11 is 6.58. The Balaban J connectivity index is 0.000000112. The highest BCUT2D eigenvalue weighted by atomic mass is 35.5. The molecule has 4 heterocycles. The van der Waals surface area contributed by atoms with Gasteiger partial charge in [-0.3, -0.25) is 0 Å². The molecule has 6 heteroatoms. The Morgan fingerprint density at radius 2 is 0.500 bits per heavy atom. The van der Waals surface area contributed by atoms with Crippen molar-refractivity contribution < 1.29 is 10.0 Å². The van der Waals surface area contributed by atoms with Crippen molar-refractivity contribution in [2.24, 2.45) is 0 Å². The van der Waals surface area contributed by atoms with Crippen LogP contribution in [0.3, 0.4) is 0 Å². The van der Waals surface area contributed by atoms with Crippen LogP contribution in [0.15, 0.2) is 279 Å². The van der Waals surface area contributed by atoms with Crippen LogP contribution in [0.25, 0.3) is 153 Å². The molecule has 4 aromatic heterocycles. The average Bonchev–Trinajstić information content (AvgIpc) is 2.14. The van der Waals surface area contributed by atoms with Crippen molar-refractivity contribution in [1.29, 1.82) is 0 Å². The maximum Gasteiger partial charge on any atom is 0.488 e. The molecule has 18 rings (SSSR count). The van der Waals surface area contributed by atoms with Crippen LogP contribution in [-0.2, 0) is 0 Å². The third kappa shape index (κ3) is 7.85. The molecule has 0 aliphatic rings. The van der Waals surface area contributed by atoms with Gasteiger partial charge < -0.3 is 18.8 Å². The number of halogens is 1. The van der Waals surface area contributed by atoms with E-state index in [-0.39, 0.29) is 0 Å². The van der Waals surface area contributed by atoms with Gasteiger partial charge in [0.15, 0.2) is 0 Å². The first-order valence-corrected chi connectivity index (χ1v) is 28.2. The summed E-state index contributed by atoms with van der Waals surface area (Å²) in [6, 6.07) is 99.0. The molecule has 0 bridgehead atoms. The zero-order valence-corrected chi connectivity index (χ0v) is 45.1. The Kier molecular flexibility index (Phi) is 11.2. The van der Waals surface area contributed by atoms with Gasteiger partial charge in [-0.15, -0.1) is 0 Å². The normalized spacial score (nSPS) is 11.8. The van der Waals surface area contributed by atoms with Gasteiger partial charge in [0.1, 0.15) is 0 Å². The van der Waals surface area contributed by atoms with Gasteiger partial charge in [-0.05, 0) is 155 Å². The third-order valence-corrected chi connectivity index (χ3v) is 17.1. The Morgan fingerprint density at radius 3 is 0.817 bits per heavy atom. The molecule has 0 amide bonds. The third-order valence-electron chi connectivity index (χ3n) is 16.9. The number of benzene rings is 14. The van der Waals surface area contributed by atoms with Crippen molar-refractivity contribution in [3.63, 3.8) is 0 Å². The van der Waals surface area contributed by atoms with E-state index in [1.165, 1.54) is 142 Å². The van der Waals surface area contributed by atoms with Crippen molar-refractivity contribution >= 4 is 143 Å². The Bertz CT molecular complexity index is 5240. The summed E-state index contributed by atoms with van der Waals surface area (Å²) in [7, 11) is -1.39. The smallest absolute Gasteiger partial charge is 0.423 e. The Labute approximate surface area is 477 Å². The van der Waals surface area contributed by atoms with E-state index in [1.54, 1.807) is 12.1 Å². The first kappa shape index (κ1) is 47.9. The van der Waals surface area contributed by atoms with Crippen molar-refractivity contribution in [3.05, 3.63) is 284 Å². The zero-order valence-electron chi connectivity index (χ0n) is 44.3. The van der Waals surface area contributed by atoms with Crippen LogP contribution in [0.5, 0.6) is 0 Å². The minimum Gasteiger partial charge on any atom is -0.423 e. The molecule has 18 aromatic rings. The Hall–Kier alpha value is -10.0. The lowest BCUT2D eigenvalue weighted by Crippen LogP contribution is -2.29. The molecule has 0 aliphatic heterocycles. The molecule has 384 valence electrons. The number of rotatable bonds is 4. The highest BCUT2D eigenvalue weighted by Gasteiger charge is 2.22. The second-order valence-corrected chi connectivity index (χ2v) is 22.0. The molecule has 0 fully saturated rings. The second-order valence-electron chi connectivity index (χ2n) is 21.6. The van der Waals surface area contributed by atoms with Gasteiger partial charge in [0.25, 0.3) is 0 Å². The van der Waals surface area contributed by atoms with E-state index >= 15 is 0 Å². The minimum absolute atomic E-state index is 0.509. The lowest BCUT2D eigenvalue weighted by Gasteiger charge is -2.07. The van der Waals surface area contributed by atoms with Crippen LogP contribution in [0.2, 0.25) is 5.02 Å². The maximum absolute atomic E-state index is 8.94. The largest absolute Gasteiger partial charge is 0.488 e. The van der Waals surface area contributed by atoms with E-state index < -0.39 is 7.12 Å². The number of fused-ring (bicyclic) bond motifs is 16. The number of nitrogens with zero attached hydrogens (tertiary/aromatic N) is 2. The second kappa shape index (κ2) is 19.1. The summed E-state index contributed by atoms with van der Waals surface area (Å²) in [5, 5.41) is 39.0. The van der Waals surface area contributed by atoms with Crippen molar-refractivity contribution in [2.45, 2.75) is 0 Å². The summed E-state index contributed by atoms with van der Waals surface area (Å²) in [5.41, 5.74) is 15.3. The van der Waals surface area contributed by atoms with Gasteiger partial charge in [-0.2, -0.15) is 0 Å². The minimum atomic E-state index is -1.39. The monoisotopic (exact) mass is 1070 g/mol. The molecule has 0 saturated carbocycles.